The van der Waals surface area contributed by atoms with Crippen LogP contribution in [0.2, 0.25) is 0 Å². The normalized spacial score (nSPS) is 19.4. The monoisotopic (exact) mass is 347 g/mol. The molecule has 0 spiro atoms. The highest BCUT2D eigenvalue weighted by Crippen LogP contribution is 2.25. The Kier molecular flexibility index (Phi) is 6.82. The lowest BCUT2D eigenvalue weighted by molar-refractivity contribution is -0.139. The van der Waals surface area contributed by atoms with Gasteiger partial charge in [0.25, 0.3) is 0 Å². The van der Waals surface area contributed by atoms with E-state index in [9.17, 15) is 9.59 Å². The molecule has 0 atom stereocenters. The molecule has 2 amide bonds. The van der Waals surface area contributed by atoms with E-state index in [2.05, 4.69) is 30.5 Å². The molecule has 1 aliphatic rings. The van der Waals surface area contributed by atoms with Gasteiger partial charge in [-0.05, 0) is 55.5 Å². The molecule has 0 saturated heterocycles. The molecule has 138 valence electrons. The number of anilines is 1. The maximum atomic E-state index is 12.2. The van der Waals surface area contributed by atoms with Gasteiger partial charge in [0.15, 0.2) is 0 Å². The highest BCUT2D eigenvalue weighted by atomic mass is 16.4. The summed E-state index contributed by atoms with van der Waals surface area (Å²) >= 11 is 0. The number of carboxylic acids is 1. The average molecular weight is 347 g/mol. The highest BCUT2D eigenvalue weighted by molar-refractivity contribution is 5.89. The topological polar surface area (TPSA) is 81.7 Å². The Labute approximate surface area is 149 Å². The first-order valence-corrected chi connectivity index (χ1v) is 9.11. The number of amides is 2. The first-order chi connectivity index (χ1) is 12.0. The van der Waals surface area contributed by atoms with Gasteiger partial charge in [-0.1, -0.05) is 26.8 Å². The third kappa shape index (κ3) is 5.19. The fraction of sp³-hybridized carbons (Fsp3) is 0.579. The Morgan fingerprint density at radius 1 is 1.16 bits per heavy atom. The maximum Gasteiger partial charge on any atom is 0.319 e. The van der Waals surface area contributed by atoms with E-state index in [0.29, 0.717) is 6.54 Å². The summed E-state index contributed by atoms with van der Waals surface area (Å²) in [6.45, 7) is 6.97. The summed E-state index contributed by atoms with van der Waals surface area (Å²) in [6.07, 6.45) is 3.53. The third-order valence-corrected chi connectivity index (χ3v) is 4.94. The molecular weight excluding hydrogens is 318 g/mol. The van der Waals surface area contributed by atoms with E-state index in [1.807, 2.05) is 24.0 Å². The number of benzene rings is 1. The van der Waals surface area contributed by atoms with Crippen molar-refractivity contribution < 1.29 is 14.7 Å². The van der Waals surface area contributed by atoms with Crippen molar-refractivity contribution in [3.05, 3.63) is 29.3 Å². The molecule has 1 saturated carbocycles. The second-order valence-corrected chi connectivity index (χ2v) is 6.57. The average Bonchev–Trinajstić information content (AvgIpc) is 2.55. The van der Waals surface area contributed by atoms with E-state index in [1.54, 1.807) is 0 Å². The summed E-state index contributed by atoms with van der Waals surface area (Å²) in [6, 6.07) is 6.19. The van der Waals surface area contributed by atoms with E-state index in [0.717, 1.165) is 31.4 Å². The molecule has 1 aliphatic carbocycles. The van der Waals surface area contributed by atoms with Crippen molar-refractivity contribution in [3.8, 4) is 0 Å². The molecule has 25 heavy (non-hydrogen) atoms. The lowest BCUT2D eigenvalue weighted by Crippen LogP contribution is -2.55. The smallest absolute Gasteiger partial charge is 0.319 e. The summed E-state index contributed by atoms with van der Waals surface area (Å²) in [5.41, 5.74) is 3.38. The zero-order valence-electron chi connectivity index (χ0n) is 15.3. The van der Waals surface area contributed by atoms with Crippen molar-refractivity contribution in [2.45, 2.75) is 58.5 Å². The third-order valence-electron chi connectivity index (χ3n) is 4.94. The molecule has 0 aliphatic heterocycles. The van der Waals surface area contributed by atoms with Gasteiger partial charge in [-0.2, -0.15) is 0 Å². The molecule has 1 fully saturated rings. The minimum absolute atomic E-state index is 0.0592. The number of carbonyl (C=O) groups is 2. The molecule has 0 radical (unpaired) electrons. The SMILES string of the molecule is CCc1ccc(NC(=O)NC2CC(N(CC)CC(=O)O)C2)cc1CC. The van der Waals surface area contributed by atoms with Gasteiger partial charge in [0.05, 0.1) is 6.54 Å². The van der Waals surface area contributed by atoms with Gasteiger partial charge in [-0.15, -0.1) is 0 Å². The van der Waals surface area contributed by atoms with Crippen molar-refractivity contribution in [2.75, 3.05) is 18.4 Å². The van der Waals surface area contributed by atoms with Gasteiger partial charge in [0.1, 0.15) is 0 Å². The van der Waals surface area contributed by atoms with Crippen molar-refractivity contribution in [1.82, 2.24) is 10.2 Å². The second kappa shape index (κ2) is 8.85. The van der Waals surface area contributed by atoms with Gasteiger partial charge in [0, 0.05) is 17.8 Å². The quantitative estimate of drug-likeness (QED) is 0.675. The Bertz CT molecular complexity index is 612. The largest absolute Gasteiger partial charge is 0.480 e. The van der Waals surface area contributed by atoms with Crippen LogP contribution in [-0.4, -0.2) is 47.2 Å². The predicted octanol–water partition coefficient (Wildman–Crippen LogP) is 2.87. The van der Waals surface area contributed by atoms with Crippen molar-refractivity contribution in [1.29, 1.82) is 0 Å². The summed E-state index contributed by atoms with van der Waals surface area (Å²) in [7, 11) is 0. The van der Waals surface area contributed by atoms with Crippen LogP contribution in [0, 0.1) is 0 Å². The van der Waals surface area contributed by atoms with E-state index >= 15 is 0 Å². The van der Waals surface area contributed by atoms with Gasteiger partial charge in [-0.3, -0.25) is 9.69 Å². The number of urea groups is 1. The van der Waals surface area contributed by atoms with Crippen LogP contribution in [0.3, 0.4) is 0 Å². The van der Waals surface area contributed by atoms with Gasteiger partial charge < -0.3 is 15.7 Å². The molecular formula is C19H29N3O3. The number of aliphatic carboxylic acids is 1. The minimum Gasteiger partial charge on any atom is -0.480 e. The van der Waals surface area contributed by atoms with E-state index in [1.165, 1.54) is 11.1 Å². The van der Waals surface area contributed by atoms with Crippen molar-refractivity contribution in [2.24, 2.45) is 0 Å². The molecule has 6 nitrogen and oxygen atoms in total. The van der Waals surface area contributed by atoms with Gasteiger partial charge in [0.2, 0.25) is 0 Å². The fourth-order valence-electron chi connectivity index (χ4n) is 3.41. The number of nitrogens with one attached hydrogen (secondary N) is 2. The zero-order chi connectivity index (χ0) is 18.4. The van der Waals surface area contributed by atoms with Crippen LogP contribution in [-0.2, 0) is 17.6 Å². The summed E-state index contributed by atoms with van der Waals surface area (Å²) in [5.74, 6) is -0.807. The Morgan fingerprint density at radius 3 is 2.40 bits per heavy atom. The molecule has 2 rings (SSSR count). The van der Waals surface area contributed by atoms with Crippen LogP contribution in [0.4, 0.5) is 10.5 Å². The molecule has 1 aromatic carbocycles. The Balaban J connectivity index is 1.81. The standard InChI is InChI=1S/C19H29N3O3/c1-4-13-7-8-15(9-14(13)5-2)20-19(25)21-16-10-17(11-16)22(6-3)12-18(23)24/h7-9,16-17H,4-6,10-12H2,1-3H3,(H,23,24)(H2,20,21,25). The number of aryl methyl sites for hydroxylation is 2. The van der Waals surface area contributed by atoms with Crippen LogP contribution in [0.25, 0.3) is 0 Å². The lowest BCUT2D eigenvalue weighted by Gasteiger charge is -2.42. The van der Waals surface area contributed by atoms with Gasteiger partial charge in [-0.25, -0.2) is 4.79 Å². The maximum absolute atomic E-state index is 12.2. The van der Waals surface area contributed by atoms with Crippen LogP contribution in [0.15, 0.2) is 18.2 Å². The predicted molar refractivity (Wildman–Crippen MR) is 99.0 cm³/mol. The first kappa shape index (κ1) is 19.2. The molecule has 1 aromatic rings. The van der Waals surface area contributed by atoms with E-state index in [-0.39, 0.29) is 24.7 Å². The summed E-state index contributed by atoms with van der Waals surface area (Å²) < 4.78 is 0. The van der Waals surface area contributed by atoms with Crippen LogP contribution >= 0.6 is 0 Å². The second-order valence-electron chi connectivity index (χ2n) is 6.57. The number of rotatable bonds is 8. The number of carboxylic acid groups (broad SMARTS) is 1. The number of carbonyl (C=O) groups excluding carboxylic acids is 1. The number of hydrogen-bond acceptors (Lipinski definition) is 3. The van der Waals surface area contributed by atoms with Crippen LogP contribution in [0.1, 0.15) is 44.7 Å². The Morgan fingerprint density at radius 2 is 1.84 bits per heavy atom. The van der Waals surface area contributed by atoms with Crippen LogP contribution < -0.4 is 10.6 Å². The van der Waals surface area contributed by atoms with E-state index < -0.39 is 5.97 Å². The van der Waals surface area contributed by atoms with E-state index in [4.69, 9.17) is 5.11 Å². The Hall–Kier alpha value is -2.08. The number of nitrogens with zero attached hydrogens (tertiary/aromatic N) is 1. The molecule has 3 N–H and O–H groups in total. The number of likely N-dealkylation sites (N-methyl/N-ethyl adjacent to an activating group) is 1. The first-order valence-electron chi connectivity index (χ1n) is 9.11. The zero-order valence-corrected chi connectivity index (χ0v) is 15.3. The summed E-state index contributed by atoms with van der Waals surface area (Å²) in [5, 5.41) is 14.8. The molecule has 6 heteroatoms. The van der Waals surface area contributed by atoms with Crippen molar-refractivity contribution >= 4 is 17.7 Å². The molecule has 0 unspecified atom stereocenters. The van der Waals surface area contributed by atoms with Crippen LogP contribution in [0.5, 0.6) is 0 Å². The molecule has 0 aromatic heterocycles. The lowest BCUT2D eigenvalue weighted by atomic mass is 9.85. The minimum atomic E-state index is -0.807. The number of hydrogen-bond donors (Lipinski definition) is 3. The van der Waals surface area contributed by atoms with Gasteiger partial charge >= 0.3 is 12.0 Å². The highest BCUT2D eigenvalue weighted by Gasteiger charge is 2.34. The fourth-order valence-corrected chi connectivity index (χ4v) is 3.41. The summed E-state index contributed by atoms with van der Waals surface area (Å²) in [4.78, 5) is 25.0. The van der Waals surface area contributed by atoms with Crippen molar-refractivity contribution in [3.63, 3.8) is 0 Å². The molecule has 0 heterocycles. The molecule has 0 bridgehead atoms.